The molecule has 2 fully saturated rings. The minimum absolute atomic E-state index is 0.00425. The smallest absolute Gasteiger partial charge is 0.0994 e. The number of hydrogen-bond donors (Lipinski definition) is 1. The van der Waals surface area contributed by atoms with E-state index in [9.17, 15) is 0 Å². The first kappa shape index (κ1) is 13.4. The Balaban J connectivity index is 1.73. The van der Waals surface area contributed by atoms with Crippen LogP contribution in [0, 0.1) is 0 Å². The van der Waals surface area contributed by atoms with Crippen LogP contribution in [0.2, 0.25) is 0 Å². The Kier molecular flexibility index (Phi) is 3.82. The molecule has 2 N–H and O–H groups in total. The second-order valence-corrected chi connectivity index (χ2v) is 6.72. The van der Waals surface area contributed by atoms with Crippen LogP contribution in [0.1, 0.15) is 50.4 Å². The van der Waals surface area contributed by atoms with Gasteiger partial charge in [0.05, 0.1) is 29.6 Å². The first-order chi connectivity index (χ1) is 9.22. The number of rotatable bonds is 3. The summed E-state index contributed by atoms with van der Waals surface area (Å²) in [5.74, 6) is 2.34. The summed E-state index contributed by atoms with van der Waals surface area (Å²) >= 11 is 2.00. The molecule has 19 heavy (non-hydrogen) atoms. The Morgan fingerprint density at radius 3 is 3.32 bits per heavy atom. The van der Waals surface area contributed by atoms with Gasteiger partial charge in [-0.05, 0) is 31.4 Å². The van der Waals surface area contributed by atoms with Crippen LogP contribution in [0.15, 0.2) is 6.20 Å². The molecule has 0 saturated carbocycles. The van der Waals surface area contributed by atoms with Crippen LogP contribution in [0.5, 0.6) is 0 Å². The Bertz CT molecular complexity index is 430. The highest BCUT2D eigenvalue weighted by atomic mass is 32.2. The van der Waals surface area contributed by atoms with E-state index in [1.54, 1.807) is 0 Å². The molecule has 0 bridgehead atoms. The van der Waals surface area contributed by atoms with Gasteiger partial charge >= 0.3 is 0 Å². The van der Waals surface area contributed by atoms with Crippen LogP contribution in [-0.4, -0.2) is 38.7 Å². The average molecular weight is 282 g/mol. The highest BCUT2D eigenvalue weighted by molar-refractivity contribution is 7.99. The zero-order valence-corrected chi connectivity index (χ0v) is 12.2. The second-order valence-electron chi connectivity index (χ2n) is 5.62. The molecule has 5 nitrogen and oxygen atoms in total. The van der Waals surface area contributed by atoms with Crippen molar-refractivity contribution in [3.8, 4) is 0 Å². The second kappa shape index (κ2) is 5.42. The number of thioether (sulfide) groups is 1. The van der Waals surface area contributed by atoms with Crippen LogP contribution in [0.4, 0.5) is 0 Å². The first-order valence-electron chi connectivity index (χ1n) is 7.11. The fourth-order valence-electron chi connectivity index (χ4n) is 2.94. The van der Waals surface area contributed by atoms with Gasteiger partial charge in [0, 0.05) is 12.4 Å². The third-order valence-corrected chi connectivity index (χ3v) is 5.48. The monoisotopic (exact) mass is 282 g/mol. The van der Waals surface area contributed by atoms with Crippen molar-refractivity contribution >= 4 is 11.8 Å². The predicted molar refractivity (Wildman–Crippen MR) is 76.1 cm³/mol. The zero-order chi connectivity index (χ0) is 13.3. The highest BCUT2D eigenvalue weighted by Crippen LogP contribution is 2.41. The molecule has 3 atom stereocenters. The van der Waals surface area contributed by atoms with E-state index in [1.165, 1.54) is 12.2 Å². The SMILES string of the molecule is CCC(N)c1cn(C2CCOC3(CCSC3)C2)nn1. The van der Waals surface area contributed by atoms with E-state index in [0.717, 1.165) is 37.3 Å². The van der Waals surface area contributed by atoms with Gasteiger partial charge in [-0.25, -0.2) is 4.68 Å². The minimum atomic E-state index is 0.00425. The molecule has 0 aliphatic carbocycles. The maximum absolute atomic E-state index is 6.05. The van der Waals surface area contributed by atoms with Crippen molar-refractivity contribution in [3.05, 3.63) is 11.9 Å². The van der Waals surface area contributed by atoms with Crippen molar-refractivity contribution in [1.29, 1.82) is 0 Å². The quantitative estimate of drug-likeness (QED) is 0.917. The molecule has 0 radical (unpaired) electrons. The number of nitrogens with zero attached hydrogens (tertiary/aromatic N) is 3. The summed E-state index contributed by atoms with van der Waals surface area (Å²) in [6.45, 7) is 2.91. The van der Waals surface area contributed by atoms with E-state index in [2.05, 4.69) is 17.2 Å². The fraction of sp³-hybridized carbons (Fsp3) is 0.846. The van der Waals surface area contributed by atoms with Gasteiger partial charge in [-0.3, -0.25) is 0 Å². The molecule has 6 heteroatoms. The van der Waals surface area contributed by atoms with Gasteiger partial charge < -0.3 is 10.5 Å². The normalized spacial score (nSPS) is 32.8. The van der Waals surface area contributed by atoms with Crippen LogP contribution in [0.3, 0.4) is 0 Å². The molecule has 2 aliphatic rings. The summed E-state index contributed by atoms with van der Waals surface area (Å²) in [6.07, 6.45) is 6.18. The molecule has 1 aromatic rings. The maximum Gasteiger partial charge on any atom is 0.0994 e. The summed E-state index contributed by atoms with van der Waals surface area (Å²) in [5.41, 5.74) is 7.01. The van der Waals surface area contributed by atoms with Crippen LogP contribution in [0.25, 0.3) is 0 Å². The average Bonchev–Trinajstić information content (AvgIpc) is 3.08. The molecular weight excluding hydrogens is 260 g/mol. The number of aromatic nitrogens is 3. The number of hydrogen-bond acceptors (Lipinski definition) is 5. The molecule has 3 unspecified atom stereocenters. The third-order valence-electron chi connectivity index (χ3n) is 4.26. The molecule has 3 heterocycles. The molecule has 0 amide bonds. The Morgan fingerprint density at radius 2 is 2.58 bits per heavy atom. The zero-order valence-electron chi connectivity index (χ0n) is 11.4. The Labute approximate surface area is 118 Å². The topological polar surface area (TPSA) is 66.0 Å². The van der Waals surface area contributed by atoms with Crippen molar-refractivity contribution in [2.75, 3.05) is 18.1 Å². The largest absolute Gasteiger partial charge is 0.374 e. The molecule has 1 spiro atoms. The predicted octanol–water partition coefficient (Wildman–Crippen LogP) is 1.92. The van der Waals surface area contributed by atoms with E-state index in [1.807, 2.05) is 22.6 Å². The fourth-order valence-corrected chi connectivity index (χ4v) is 4.32. The van der Waals surface area contributed by atoms with Crippen molar-refractivity contribution in [3.63, 3.8) is 0 Å². The van der Waals surface area contributed by atoms with Gasteiger partial charge in [0.25, 0.3) is 0 Å². The van der Waals surface area contributed by atoms with Gasteiger partial charge in [-0.1, -0.05) is 12.1 Å². The van der Waals surface area contributed by atoms with Crippen LogP contribution >= 0.6 is 11.8 Å². The van der Waals surface area contributed by atoms with Gasteiger partial charge in [0.1, 0.15) is 0 Å². The van der Waals surface area contributed by atoms with E-state index >= 15 is 0 Å². The van der Waals surface area contributed by atoms with Gasteiger partial charge in [0.2, 0.25) is 0 Å². The minimum Gasteiger partial charge on any atom is -0.374 e. The van der Waals surface area contributed by atoms with Gasteiger partial charge in [0.15, 0.2) is 0 Å². The van der Waals surface area contributed by atoms with E-state index in [-0.39, 0.29) is 11.6 Å². The van der Waals surface area contributed by atoms with E-state index in [4.69, 9.17) is 10.5 Å². The van der Waals surface area contributed by atoms with E-state index in [0.29, 0.717) is 6.04 Å². The standard InChI is InChI=1S/C13H22N4OS/c1-2-11(14)12-8-17(16-15-12)10-3-5-18-13(7-10)4-6-19-9-13/h8,10-11H,2-7,9,14H2,1H3. The van der Waals surface area contributed by atoms with Crippen molar-refractivity contribution in [1.82, 2.24) is 15.0 Å². The summed E-state index contributed by atoms with van der Waals surface area (Å²) in [6, 6.07) is 0.419. The molecular formula is C13H22N4OS. The van der Waals surface area contributed by atoms with Crippen LogP contribution in [-0.2, 0) is 4.74 Å². The molecule has 3 rings (SSSR count). The first-order valence-corrected chi connectivity index (χ1v) is 8.27. The summed E-state index contributed by atoms with van der Waals surface area (Å²) in [5, 5.41) is 8.51. The molecule has 2 aliphatic heterocycles. The van der Waals surface area contributed by atoms with Crippen molar-refractivity contribution in [2.45, 2.75) is 50.3 Å². The maximum atomic E-state index is 6.05. The summed E-state index contributed by atoms with van der Waals surface area (Å²) in [4.78, 5) is 0. The third kappa shape index (κ3) is 2.66. The lowest BCUT2D eigenvalue weighted by atomic mass is 9.90. The highest BCUT2D eigenvalue weighted by Gasteiger charge is 2.41. The molecule has 2 saturated heterocycles. The van der Waals surface area contributed by atoms with Crippen molar-refractivity contribution < 1.29 is 4.74 Å². The number of ether oxygens (including phenoxy) is 1. The van der Waals surface area contributed by atoms with Crippen LogP contribution < -0.4 is 5.73 Å². The number of nitrogens with two attached hydrogens (primary N) is 1. The lowest BCUT2D eigenvalue weighted by molar-refractivity contribution is -0.0780. The lowest BCUT2D eigenvalue weighted by Gasteiger charge is -2.37. The molecule has 0 aromatic carbocycles. The van der Waals surface area contributed by atoms with Crippen molar-refractivity contribution in [2.24, 2.45) is 5.73 Å². The van der Waals surface area contributed by atoms with E-state index < -0.39 is 0 Å². The summed E-state index contributed by atoms with van der Waals surface area (Å²) < 4.78 is 8.06. The van der Waals surface area contributed by atoms with Gasteiger partial charge in [-0.2, -0.15) is 11.8 Å². The molecule has 1 aromatic heterocycles. The Hall–Kier alpha value is -0.590. The summed E-state index contributed by atoms with van der Waals surface area (Å²) in [7, 11) is 0. The lowest BCUT2D eigenvalue weighted by Crippen LogP contribution is -2.40. The van der Waals surface area contributed by atoms with Gasteiger partial charge in [-0.15, -0.1) is 5.10 Å². The Morgan fingerprint density at radius 1 is 1.68 bits per heavy atom. The molecule has 106 valence electrons.